The van der Waals surface area contributed by atoms with Gasteiger partial charge in [-0.05, 0) is 58.5 Å². The average Bonchev–Trinajstić information content (AvgIpc) is 3.24. The standard InChI is InChI=1S/C37H46NOSi/c1-23-17-18-27-26-15-13-14-16-32(26)39-35(27)33(23)31-21-28(24(2)22-38(31)9)34-29(36(3,4)5)19-25(40(10,11)12)20-30(34)37(6,7)8/h13-22H,1-12H3/q+1/i2D3. The number of aromatic nitrogens is 1. The van der Waals surface area contributed by atoms with Crippen LogP contribution in [0.4, 0.5) is 0 Å². The van der Waals surface area contributed by atoms with Crippen molar-refractivity contribution in [2.45, 2.75) is 85.8 Å². The minimum absolute atomic E-state index is 0.205. The van der Waals surface area contributed by atoms with Crippen LogP contribution in [0.2, 0.25) is 19.6 Å². The molecule has 0 bridgehead atoms. The van der Waals surface area contributed by atoms with Crippen LogP contribution in [0.1, 0.15) is 67.9 Å². The molecule has 0 spiro atoms. The molecule has 0 fully saturated rings. The Hall–Kier alpha value is -3.17. The van der Waals surface area contributed by atoms with Crippen LogP contribution in [0.5, 0.6) is 0 Å². The number of hydrogen-bond donors (Lipinski definition) is 0. The first kappa shape index (κ1) is 24.6. The molecule has 208 valence electrons. The SMILES string of the molecule is [2H]C([2H])([2H])c1c[n+](C)c(-c2c(C)ccc3c2oc2ccccc23)cc1-c1c(C(C)(C)C)cc([Si](C)(C)C)cc1C(C)(C)C. The minimum atomic E-state index is -2.30. The van der Waals surface area contributed by atoms with Crippen molar-refractivity contribution < 1.29 is 13.1 Å². The van der Waals surface area contributed by atoms with Gasteiger partial charge in [-0.3, -0.25) is 0 Å². The van der Waals surface area contributed by atoms with Crippen LogP contribution in [0.3, 0.4) is 0 Å². The lowest BCUT2D eigenvalue weighted by atomic mass is 9.73. The summed E-state index contributed by atoms with van der Waals surface area (Å²) in [6, 6.07) is 19.3. The van der Waals surface area contributed by atoms with Gasteiger partial charge in [-0.2, -0.15) is 0 Å². The zero-order chi connectivity index (χ0) is 31.9. The van der Waals surface area contributed by atoms with Crippen LogP contribution < -0.4 is 9.75 Å². The fourth-order valence-electron chi connectivity index (χ4n) is 5.86. The summed E-state index contributed by atoms with van der Waals surface area (Å²) in [5.74, 6) is 0. The number of rotatable bonds is 3. The van der Waals surface area contributed by atoms with Crippen molar-refractivity contribution in [2.75, 3.05) is 0 Å². The number of benzene rings is 3. The van der Waals surface area contributed by atoms with E-state index < -0.39 is 14.9 Å². The monoisotopic (exact) mass is 551 g/mol. The molecule has 0 unspecified atom stereocenters. The molecule has 2 heterocycles. The Morgan fingerprint density at radius 3 is 1.98 bits per heavy atom. The summed E-state index contributed by atoms with van der Waals surface area (Å²) in [5.41, 5.74) is 8.84. The van der Waals surface area contributed by atoms with Crippen LogP contribution in [0, 0.1) is 13.8 Å². The van der Waals surface area contributed by atoms with Gasteiger partial charge in [-0.25, -0.2) is 4.57 Å². The molecule has 0 saturated heterocycles. The van der Waals surface area contributed by atoms with Gasteiger partial charge >= 0.3 is 0 Å². The van der Waals surface area contributed by atoms with Gasteiger partial charge in [0.05, 0.1) is 13.6 Å². The number of para-hydroxylation sites is 1. The molecule has 40 heavy (non-hydrogen) atoms. The topological polar surface area (TPSA) is 17.0 Å². The zero-order valence-electron chi connectivity index (χ0n) is 29.1. The number of furan rings is 1. The third-order valence-electron chi connectivity index (χ3n) is 8.18. The molecule has 0 atom stereocenters. The Kier molecular flexibility index (Phi) is 5.81. The van der Waals surface area contributed by atoms with Crippen LogP contribution in [-0.2, 0) is 17.9 Å². The van der Waals surface area contributed by atoms with E-state index in [0.717, 1.165) is 49.9 Å². The van der Waals surface area contributed by atoms with E-state index in [0.29, 0.717) is 5.56 Å². The molecule has 3 aromatic carbocycles. The van der Waals surface area contributed by atoms with Crippen molar-refractivity contribution in [3.8, 4) is 22.4 Å². The van der Waals surface area contributed by atoms with Gasteiger partial charge in [-0.15, -0.1) is 0 Å². The Balaban J connectivity index is 1.97. The second-order valence-electron chi connectivity index (χ2n) is 14.5. The molecular weight excluding hydrogens is 502 g/mol. The molecule has 0 amide bonds. The molecule has 2 aromatic heterocycles. The smallest absolute Gasteiger partial charge is 0.216 e. The van der Waals surface area contributed by atoms with Crippen LogP contribution in [0.15, 0.2) is 65.2 Å². The Morgan fingerprint density at radius 1 is 0.775 bits per heavy atom. The predicted octanol–water partition coefficient (Wildman–Crippen LogP) is 9.50. The van der Waals surface area contributed by atoms with Gasteiger partial charge in [0.1, 0.15) is 18.2 Å². The lowest BCUT2D eigenvalue weighted by Crippen LogP contribution is -2.40. The first-order chi connectivity index (χ1) is 19.7. The van der Waals surface area contributed by atoms with Gasteiger partial charge in [0.15, 0.2) is 6.20 Å². The third kappa shape index (κ3) is 4.83. The van der Waals surface area contributed by atoms with E-state index in [1.165, 1.54) is 16.3 Å². The fraction of sp³-hybridized carbons (Fsp3) is 0.378. The highest BCUT2D eigenvalue weighted by molar-refractivity contribution is 6.88. The first-order valence-electron chi connectivity index (χ1n) is 15.8. The van der Waals surface area contributed by atoms with Crippen LogP contribution >= 0.6 is 0 Å². The van der Waals surface area contributed by atoms with Gasteiger partial charge in [0.2, 0.25) is 5.69 Å². The van der Waals surface area contributed by atoms with E-state index in [1.54, 1.807) is 0 Å². The summed E-state index contributed by atoms with van der Waals surface area (Å²) < 4.78 is 34.5. The summed E-state index contributed by atoms with van der Waals surface area (Å²) in [6.07, 6.45) is 1.82. The zero-order valence-corrected chi connectivity index (χ0v) is 27.1. The van der Waals surface area contributed by atoms with Gasteiger partial charge < -0.3 is 4.42 Å². The van der Waals surface area contributed by atoms with Crippen LogP contribution in [-0.4, -0.2) is 8.07 Å². The largest absolute Gasteiger partial charge is 0.455 e. The molecular formula is C37H46NOSi+. The lowest BCUT2D eigenvalue weighted by molar-refractivity contribution is -0.660. The highest BCUT2D eigenvalue weighted by Crippen LogP contribution is 2.43. The molecule has 3 heteroatoms. The predicted molar refractivity (Wildman–Crippen MR) is 176 cm³/mol. The van der Waals surface area contributed by atoms with E-state index in [2.05, 4.69) is 105 Å². The molecule has 0 radical (unpaired) electrons. The van der Waals surface area contributed by atoms with E-state index in [-0.39, 0.29) is 10.8 Å². The summed E-state index contributed by atoms with van der Waals surface area (Å²) in [5, 5.41) is 3.53. The summed E-state index contributed by atoms with van der Waals surface area (Å²) in [4.78, 5) is 0. The maximum Gasteiger partial charge on any atom is 0.216 e. The van der Waals surface area contributed by atoms with E-state index in [1.807, 2.05) is 36.0 Å². The molecule has 0 aliphatic heterocycles. The van der Waals surface area contributed by atoms with Gasteiger partial charge in [0, 0.05) is 26.5 Å². The van der Waals surface area contributed by atoms with Gasteiger partial charge in [0.25, 0.3) is 0 Å². The number of pyridine rings is 1. The van der Waals surface area contributed by atoms with E-state index in [4.69, 9.17) is 8.53 Å². The minimum Gasteiger partial charge on any atom is -0.455 e. The average molecular weight is 552 g/mol. The third-order valence-corrected chi connectivity index (χ3v) is 10.2. The number of aryl methyl sites for hydroxylation is 3. The molecule has 0 saturated carbocycles. The highest BCUT2D eigenvalue weighted by Gasteiger charge is 2.32. The number of nitrogens with zero attached hydrogens (tertiary/aromatic N) is 1. The fourth-order valence-corrected chi connectivity index (χ4v) is 7.01. The summed E-state index contributed by atoms with van der Waals surface area (Å²) in [6.45, 7) is 20.4. The van der Waals surface area contributed by atoms with Crippen LogP contribution in [0.25, 0.3) is 44.3 Å². The Morgan fingerprint density at radius 2 is 1.40 bits per heavy atom. The summed E-state index contributed by atoms with van der Waals surface area (Å²) in [7, 11) is 0.261. The molecule has 5 aromatic rings. The Bertz CT molecular complexity index is 1840. The second-order valence-corrected chi connectivity index (χ2v) is 19.6. The first-order valence-corrected chi connectivity index (χ1v) is 17.8. The van der Waals surface area contributed by atoms with Crippen molar-refractivity contribution in [3.05, 3.63) is 83.0 Å². The second kappa shape index (κ2) is 9.45. The van der Waals surface area contributed by atoms with Crippen molar-refractivity contribution >= 4 is 35.2 Å². The molecule has 2 nitrogen and oxygen atoms in total. The maximum atomic E-state index is 8.68. The van der Waals surface area contributed by atoms with Crippen molar-refractivity contribution in [1.29, 1.82) is 0 Å². The Labute approximate surface area is 246 Å². The molecule has 5 rings (SSSR count). The summed E-state index contributed by atoms with van der Waals surface area (Å²) >= 11 is 0. The normalized spacial score (nSPS) is 14.4. The number of fused-ring (bicyclic) bond motifs is 3. The molecule has 0 aliphatic carbocycles. The number of hydrogen-bond acceptors (Lipinski definition) is 1. The quantitative estimate of drug-likeness (QED) is 0.161. The molecule has 0 N–H and O–H groups in total. The van der Waals surface area contributed by atoms with E-state index in [9.17, 15) is 0 Å². The van der Waals surface area contributed by atoms with Crippen molar-refractivity contribution in [1.82, 2.24) is 0 Å². The van der Waals surface area contributed by atoms with Gasteiger partial charge in [-0.1, -0.05) is 109 Å². The lowest BCUT2D eigenvalue weighted by Gasteiger charge is -2.33. The molecule has 0 aliphatic rings. The van der Waals surface area contributed by atoms with Crippen molar-refractivity contribution in [3.63, 3.8) is 0 Å². The maximum absolute atomic E-state index is 8.68. The highest BCUT2D eigenvalue weighted by atomic mass is 28.3. The van der Waals surface area contributed by atoms with E-state index >= 15 is 0 Å². The van der Waals surface area contributed by atoms with Crippen molar-refractivity contribution in [2.24, 2.45) is 7.05 Å².